The topological polar surface area (TPSA) is 46.6 Å². The predicted octanol–water partition coefficient (Wildman–Crippen LogP) is 2.94. The van der Waals surface area contributed by atoms with Gasteiger partial charge >= 0.3 is 6.09 Å². The van der Waals surface area contributed by atoms with Crippen molar-refractivity contribution >= 4 is 12.0 Å². The van der Waals surface area contributed by atoms with Gasteiger partial charge in [0.15, 0.2) is 0 Å². The van der Waals surface area contributed by atoms with Crippen LogP contribution in [0.1, 0.15) is 38.7 Å². The zero-order valence-electron chi connectivity index (χ0n) is 11.6. The van der Waals surface area contributed by atoms with E-state index in [2.05, 4.69) is 0 Å². The van der Waals surface area contributed by atoms with Crippen LogP contribution < -0.4 is 0 Å². The molecule has 0 N–H and O–H groups in total. The molecule has 0 bridgehead atoms. The Bertz CT molecular complexity index is 476. The number of imide groups is 1. The number of benzene rings is 1. The van der Waals surface area contributed by atoms with Crippen LogP contribution in [0, 0.1) is 0 Å². The molecule has 2 rings (SSSR count). The molecule has 1 aliphatic heterocycles. The Morgan fingerprint density at radius 1 is 1.26 bits per heavy atom. The van der Waals surface area contributed by atoms with Crippen molar-refractivity contribution in [3.63, 3.8) is 0 Å². The SMILES string of the molecule is CC(C)(C)OC(=O)N1CCC(c2ccccc2)C1=O. The number of nitrogens with zero attached hydrogens (tertiary/aromatic N) is 1. The minimum absolute atomic E-state index is 0.166. The summed E-state index contributed by atoms with van der Waals surface area (Å²) >= 11 is 0. The average Bonchev–Trinajstić information content (AvgIpc) is 2.70. The molecule has 102 valence electrons. The molecule has 4 nitrogen and oxygen atoms in total. The molecule has 1 unspecified atom stereocenters. The van der Waals surface area contributed by atoms with E-state index in [0.29, 0.717) is 13.0 Å². The maximum absolute atomic E-state index is 12.3. The average molecular weight is 261 g/mol. The molecule has 0 aromatic heterocycles. The molecule has 0 saturated carbocycles. The van der Waals surface area contributed by atoms with E-state index in [0.717, 1.165) is 5.56 Å². The number of amides is 2. The van der Waals surface area contributed by atoms with E-state index in [9.17, 15) is 9.59 Å². The zero-order chi connectivity index (χ0) is 14.0. The first kappa shape index (κ1) is 13.6. The molecule has 0 radical (unpaired) electrons. The molecule has 1 atom stereocenters. The van der Waals surface area contributed by atoms with Crippen LogP contribution in [0.4, 0.5) is 4.79 Å². The van der Waals surface area contributed by atoms with Crippen LogP contribution in [0.3, 0.4) is 0 Å². The third-order valence-corrected chi connectivity index (χ3v) is 3.02. The molecule has 1 aromatic rings. The van der Waals surface area contributed by atoms with E-state index < -0.39 is 11.7 Å². The molecule has 19 heavy (non-hydrogen) atoms. The van der Waals surface area contributed by atoms with Crippen molar-refractivity contribution in [2.24, 2.45) is 0 Å². The van der Waals surface area contributed by atoms with Gasteiger partial charge in [0.2, 0.25) is 5.91 Å². The lowest BCUT2D eigenvalue weighted by atomic mass is 9.98. The molecule has 0 spiro atoms. The van der Waals surface area contributed by atoms with Crippen LogP contribution in [0.2, 0.25) is 0 Å². The molecule has 2 amide bonds. The standard InChI is InChI=1S/C15H19NO3/c1-15(2,3)19-14(18)16-10-9-12(13(16)17)11-7-5-4-6-8-11/h4-8,12H,9-10H2,1-3H3. The lowest BCUT2D eigenvalue weighted by molar-refractivity contribution is -0.128. The molecule has 0 aliphatic carbocycles. The van der Waals surface area contributed by atoms with E-state index in [-0.39, 0.29) is 11.8 Å². The molecule has 1 aliphatic rings. The molecular formula is C15H19NO3. The first-order chi connectivity index (χ1) is 8.88. The maximum atomic E-state index is 12.3. The first-order valence-electron chi connectivity index (χ1n) is 6.48. The summed E-state index contributed by atoms with van der Waals surface area (Å²) in [6.45, 7) is 5.80. The van der Waals surface area contributed by atoms with Gasteiger partial charge in [0.25, 0.3) is 0 Å². The summed E-state index contributed by atoms with van der Waals surface area (Å²) in [5.41, 5.74) is 0.376. The van der Waals surface area contributed by atoms with Crippen molar-refractivity contribution in [2.75, 3.05) is 6.54 Å². The second-order valence-electron chi connectivity index (χ2n) is 5.72. The number of carbonyl (C=O) groups is 2. The van der Waals surface area contributed by atoms with Gasteiger partial charge in [-0.2, -0.15) is 0 Å². The van der Waals surface area contributed by atoms with Gasteiger partial charge < -0.3 is 4.74 Å². The van der Waals surface area contributed by atoms with E-state index in [1.54, 1.807) is 20.8 Å². The summed E-state index contributed by atoms with van der Waals surface area (Å²) < 4.78 is 5.24. The number of carbonyl (C=O) groups excluding carboxylic acids is 2. The first-order valence-corrected chi connectivity index (χ1v) is 6.48. The molecule has 4 heteroatoms. The fourth-order valence-electron chi connectivity index (χ4n) is 2.17. The molecule has 1 heterocycles. The Hall–Kier alpha value is -1.84. The highest BCUT2D eigenvalue weighted by molar-refractivity contribution is 5.97. The lowest BCUT2D eigenvalue weighted by Crippen LogP contribution is -2.38. The summed E-state index contributed by atoms with van der Waals surface area (Å²) in [5.74, 6) is -0.394. The Labute approximate surface area is 113 Å². The van der Waals surface area contributed by atoms with Crippen molar-refractivity contribution in [1.29, 1.82) is 0 Å². The Morgan fingerprint density at radius 2 is 1.89 bits per heavy atom. The van der Waals surface area contributed by atoms with Crippen molar-refractivity contribution < 1.29 is 14.3 Å². The molecule has 1 fully saturated rings. The van der Waals surface area contributed by atoms with Crippen LogP contribution in [0.15, 0.2) is 30.3 Å². The van der Waals surface area contributed by atoms with Gasteiger partial charge in [-0.25, -0.2) is 9.69 Å². The second-order valence-corrected chi connectivity index (χ2v) is 5.72. The smallest absolute Gasteiger partial charge is 0.417 e. The van der Waals surface area contributed by atoms with Crippen molar-refractivity contribution in [1.82, 2.24) is 4.90 Å². The quantitative estimate of drug-likeness (QED) is 0.780. The maximum Gasteiger partial charge on any atom is 0.417 e. The van der Waals surface area contributed by atoms with Crippen molar-refractivity contribution in [3.05, 3.63) is 35.9 Å². The van der Waals surface area contributed by atoms with E-state index in [4.69, 9.17) is 4.74 Å². The summed E-state index contributed by atoms with van der Waals surface area (Å²) in [4.78, 5) is 25.4. The third kappa shape index (κ3) is 3.13. The van der Waals surface area contributed by atoms with E-state index in [1.165, 1.54) is 4.90 Å². The highest BCUT2D eigenvalue weighted by atomic mass is 16.6. The van der Waals surface area contributed by atoms with Gasteiger partial charge in [-0.15, -0.1) is 0 Å². The Morgan fingerprint density at radius 3 is 2.47 bits per heavy atom. The van der Waals surface area contributed by atoms with Gasteiger partial charge in [0, 0.05) is 6.54 Å². The number of rotatable bonds is 1. The zero-order valence-corrected chi connectivity index (χ0v) is 11.6. The molecule has 1 saturated heterocycles. The van der Waals surface area contributed by atoms with Gasteiger partial charge in [-0.05, 0) is 32.8 Å². The van der Waals surface area contributed by atoms with E-state index >= 15 is 0 Å². The number of hydrogen-bond donors (Lipinski definition) is 0. The normalized spacial score (nSPS) is 19.6. The Kier molecular flexibility index (Phi) is 3.60. The fraction of sp³-hybridized carbons (Fsp3) is 0.467. The van der Waals surface area contributed by atoms with Gasteiger partial charge in [0.1, 0.15) is 5.60 Å². The van der Waals surface area contributed by atoms with Crippen LogP contribution in [0.5, 0.6) is 0 Å². The number of ether oxygens (including phenoxy) is 1. The summed E-state index contributed by atoms with van der Waals surface area (Å²) in [6, 6.07) is 9.55. The highest BCUT2D eigenvalue weighted by Crippen LogP contribution is 2.29. The highest BCUT2D eigenvalue weighted by Gasteiger charge is 2.38. The summed E-state index contributed by atoms with van der Waals surface area (Å²) in [7, 11) is 0. The Balaban J connectivity index is 2.08. The second kappa shape index (κ2) is 5.03. The summed E-state index contributed by atoms with van der Waals surface area (Å²) in [6.07, 6.45) is 0.109. The van der Waals surface area contributed by atoms with Crippen LogP contribution in [0.25, 0.3) is 0 Å². The number of likely N-dealkylation sites (tertiary alicyclic amines) is 1. The van der Waals surface area contributed by atoms with Crippen molar-refractivity contribution in [2.45, 2.75) is 38.7 Å². The van der Waals surface area contributed by atoms with Crippen LogP contribution >= 0.6 is 0 Å². The molecule has 1 aromatic carbocycles. The largest absolute Gasteiger partial charge is 0.443 e. The minimum Gasteiger partial charge on any atom is -0.443 e. The van der Waals surface area contributed by atoms with Crippen molar-refractivity contribution in [3.8, 4) is 0 Å². The fourth-order valence-corrected chi connectivity index (χ4v) is 2.17. The lowest BCUT2D eigenvalue weighted by Gasteiger charge is -2.23. The van der Waals surface area contributed by atoms with Gasteiger partial charge in [-0.3, -0.25) is 4.79 Å². The predicted molar refractivity (Wildman–Crippen MR) is 71.7 cm³/mol. The minimum atomic E-state index is -0.581. The van der Waals surface area contributed by atoms with Crippen LogP contribution in [-0.4, -0.2) is 29.0 Å². The molecular weight excluding hydrogens is 242 g/mol. The van der Waals surface area contributed by atoms with E-state index in [1.807, 2.05) is 30.3 Å². The van der Waals surface area contributed by atoms with Crippen LogP contribution in [-0.2, 0) is 9.53 Å². The monoisotopic (exact) mass is 261 g/mol. The number of hydrogen-bond acceptors (Lipinski definition) is 3. The van der Waals surface area contributed by atoms with Gasteiger partial charge in [0.05, 0.1) is 5.92 Å². The van der Waals surface area contributed by atoms with Gasteiger partial charge in [-0.1, -0.05) is 30.3 Å². The third-order valence-electron chi connectivity index (χ3n) is 3.02. The summed E-state index contributed by atoms with van der Waals surface area (Å²) in [5, 5.41) is 0.